The molecule has 0 unspecified atom stereocenters. The molecule has 0 aromatic heterocycles. The highest BCUT2D eigenvalue weighted by atomic mass is 16.5. The lowest BCUT2D eigenvalue weighted by molar-refractivity contribution is 0.201. The third-order valence-electron chi connectivity index (χ3n) is 10.5. The Kier molecular flexibility index (Phi) is 8.47. The summed E-state index contributed by atoms with van der Waals surface area (Å²) >= 11 is 0. The Hall–Kier alpha value is -6.20. The van der Waals surface area contributed by atoms with E-state index in [1.807, 2.05) is 12.1 Å². The van der Waals surface area contributed by atoms with Gasteiger partial charge >= 0.3 is 0 Å². The van der Waals surface area contributed by atoms with E-state index in [-0.39, 0.29) is 26.4 Å². The quantitative estimate of drug-likeness (QED) is 0.150. The minimum absolute atomic E-state index is 0.0332. The van der Waals surface area contributed by atoms with Crippen molar-refractivity contribution < 1.29 is 19.7 Å². The second-order valence-electron chi connectivity index (χ2n) is 13.5. The first-order valence-electron chi connectivity index (χ1n) is 18.1. The van der Waals surface area contributed by atoms with E-state index in [1.165, 1.54) is 55.6 Å². The molecule has 53 heavy (non-hydrogen) atoms. The van der Waals surface area contributed by atoms with Crippen molar-refractivity contribution in [2.75, 3.05) is 26.4 Å². The van der Waals surface area contributed by atoms with Gasteiger partial charge in [-0.1, -0.05) is 133 Å². The van der Waals surface area contributed by atoms with Gasteiger partial charge in [0.25, 0.3) is 0 Å². The van der Waals surface area contributed by atoms with Crippen LogP contribution < -0.4 is 9.47 Å². The number of aliphatic hydroxyl groups excluding tert-OH is 2. The van der Waals surface area contributed by atoms with E-state index in [1.54, 1.807) is 0 Å². The van der Waals surface area contributed by atoms with Gasteiger partial charge in [0, 0.05) is 0 Å². The van der Waals surface area contributed by atoms with Crippen molar-refractivity contribution in [2.24, 2.45) is 0 Å². The van der Waals surface area contributed by atoms with Crippen LogP contribution in [0, 0.1) is 0 Å². The van der Waals surface area contributed by atoms with E-state index in [0.717, 1.165) is 33.0 Å². The summed E-state index contributed by atoms with van der Waals surface area (Å²) in [6.45, 7) is 0.437. The Balaban J connectivity index is 1.40. The predicted molar refractivity (Wildman–Crippen MR) is 215 cm³/mol. The monoisotopic (exact) mass is 690 g/mol. The summed E-state index contributed by atoms with van der Waals surface area (Å²) in [4.78, 5) is 0. The summed E-state index contributed by atoms with van der Waals surface area (Å²) < 4.78 is 11.6. The summed E-state index contributed by atoms with van der Waals surface area (Å²) in [5, 5.41) is 23.1. The van der Waals surface area contributed by atoms with Crippen LogP contribution in [0.1, 0.15) is 22.3 Å². The summed E-state index contributed by atoms with van der Waals surface area (Å²) in [5.41, 5.74) is 11.3. The molecule has 0 saturated carbocycles. The Morgan fingerprint density at radius 2 is 0.774 bits per heavy atom. The standard InChI is InChI=1S/C49H38O4/c50-25-27-52-41-23-19-35-29-39(21-17-37(35)31-41)49(40-22-18-38-32-42(53-28-26-51)24-20-36(38)30-40)47-43(33-9-3-1-4-10-33)13-7-15-45(47)46-16-8-14-44(48(46)49)34-11-5-2-6-12-34/h1-24,29-32,50-51H,25-28H2. The molecule has 4 heteroatoms. The van der Waals surface area contributed by atoms with Gasteiger partial charge in [-0.05, 0) is 114 Å². The number of fused-ring (bicyclic) bond motifs is 5. The largest absolute Gasteiger partial charge is 0.491 e. The van der Waals surface area contributed by atoms with Gasteiger partial charge in [0.05, 0.1) is 18.6 Å². The SMILES string of the molecule is OCCOc1ccc2cc(C3(c4ccc5cc(OCCO)ccc5c4)c4c(-c5ccccc5)cccc4-c4cccc(-c5ccccc5)c43)ccc2c1. The summed E-state index contributed by atoms with van der Waals surface area (Å²) in [6.07, 6.45) is 0. The van der Waals surface area contributed by atoms with Crippen molar-refractivity contribution in [3.05, 3.63) is 192 Å². The zero-order valence-electron chi connectivity index (χ0n) is 29.2. The Labute approximate surface area is 309 Å². The van der Waals surface area contributed by atoms with Crippen LogP contribution in [0.2, 0.25) is 0 Å². The molecule has 0 bridgehead atoms. The van der Waals surface area contributed by atoms with Crippen LogP contribution in [-0.2, 0) is 5.41 Å². The third-order valence-corrected chi connectivity index (χ3v) is 10.5. The zero-order valence-corrected chi connectivity index (χ0v) is 29.2. The van der Waals surface area contributed by atoms with E-state index < -0.39 is 5.41 Å². The Bertz CT molecular complexity index is 2410. The average molecular weight is 691 g/mol. The Morgan fingerprint density at radius 1 is 0.377 bits per heavy atom. The van der Waals surface area contributed by atoms with Crippen molar-refractivity contribution in [2.45, 2.75) is 5.41 Å². The molecule has 0 radical (unpaired) electrons. The number of rotatable bonds is 10. The molecular weight excluding hydrogens is 653 g/mol. The molecule has 0 spiro atoms. The van der Waals surface area contributed by atoms with Crippen molar-refractivity contribution in [3.8, 4) is 44.9 Å². The highest BCUT2D eigenvalue weighted by molar-refractivity contribution is 5.99. The fourth-order valence-corrected chi connectivity index (χ4v) is 8.37. The molecule has 0 amide bonds. The van der Waals surface area contributed by atoms with Gasteiger partial charge in [-0.2, -0.15) is 0 Å². The lowest BCUT2D eigenvalue weighted by atomic mass is 9.64. The molecule has 8 aromatic carbocycles. The summed E-state index contributed by atoms with van der Waals surface area (Å²) in [7, 11) is 0. The number of aliphatic hydroxyl groups is 2. The molecule has 258 valence electrons. The second-order valence-corrected chi connectivity index (χ2v) is 13.5. The highest BCUT2D eigenvalue weighted by Crippen LogP contribution is 2.61. The molecule has 9 rings (SSSR count). The molecule has 0 atom stereocenters. The van der Waals surface area contributed by atoms with Crippen LogP contribution >= 0.6 is 0 Å². The van der Waals surface area contributed by atoms with E-state index in [0.29, 0.717) is 0 Å². The van der Waals surface area contributed by atoms with Crippen molar-refractivity contribution in [1.29, 1.82) is 0 Å². The summed E-state index contributed by atoms with van der Waals surface area (Å²) in [6, 6.07) is 61.0. The van der Waals surface area contributed by atoms with Gasteiger partial charge in [-0.15, -0.1) is 0 Å². The molecule has 0 saturated heterocycles. The van der Waals surface area contributed by atoms with E-state index in [9.17, 15) is 10.2 Å². The fourth-order valence-electron chi connectivity index (χ4n) is 8.37. The normalized spacial score (nSPS) is 12.8. The van der Waals surface area contributed by atoms with Crippen LogP contribution in [0.4, 0.5) is 0 Å². The third kappa shape index (κ3) is 5.55. The molecule has 0 heterocycles. The van der Waals surface area contributed by atoms with Gasteiger partial charge < -0.3 is 19.7 Å². The van der Waals surface area contributed by atoms with Crippen molar-refractivity contribution in [3.63, 3.8) is 0 Å². The topological polar surface area (TPSA) is 58.9 Å². The van der Waals surface area contributed by atoms with Crippen LogP contribution in [-0.4, -0.2) is 36.6 Å². The minimum atomic E-state index is -0.718. The van der Waals surface area contributed by atoms with Crippen LogP contribution in [0.25, 0.3) is 54.9 Å². The lowest BCUT2D eigenvalue weighted by Crippen LogP contribution is -2.30. The Morgan fingerprint density at radius 3 is 1.21 bits per heavy atom. The van der Waals surface area contributed by atoms with Gasteiger partial charge in [-0.3, -0.25) is 0 Å². The maximum Gasteiger partial charge on any atom is 0.120 e. The van der Waals surface area contributed by atoms with Gasteiger partial charge in [0.2, 0.25) is 0 Å². The van der Waals surface area contributed by atoms with E-state index in [2.05, 4.69) is 158 Å². The van der Waals surface area contributed by atoms with E-state index >= 15 is 0 Å². The molecule has 4 nitrogen and oxygen atoms in total. The minimum Gasteiger partial charge on any atom is -0.491 e. The maximum absolute atomic E-state index is 9.38. The molecule has 1 aliphatic carbocycles. The van der Waals surface area contributed by atoms with Crippen molar-refractivity contribution >= 4 is 21.5 Å². The van der Waals surface area contributed by atoms with Gasteiger partial charge in [0.1, 0.15) is 24.7 Å². The number of ether oxygens (including phenoxy) is 2. The molecule has 1 aliphatic rings. The maximum atomic E-state index is 9.38. The predicted octanol–water partition coefficient (Wildman–Crippen LogP) is 10.4. The van der Waals surface area contributed by atoms with Crippen LogP contribution in [0.15, 0.2) is 170 Å². The zero-order chi connectivity index (χ0) is 35.8. The first-order valence-corrected chi connectivity index (χ1v) is 18.1. The van der Waals surface area contributed by atoms with Gasteiger partial charge in [0.15, 0.2) is 0 Å². The smallest absolute Gasteiger partial charge is 0.120 e. The first-order chi connectivity index (χ1) is 26.2. The number of benzene rings is 8. The average Bonchev–Trinajstić information content (AvgIpc) is 3.54. The molecule has 8 aromatic rings. The first kappa shape index (κ1) is 32.7. The lowest BCUT2D eigenvalue weighted by Gasteiger charge is -2.37. The summed E-state index contributed by atoms with van der Waals surface area (Å²) in [5.74, 6) is 1.47. The number of hydrogen-bond acceptors (Lipinski definition) is 4. The number of hydrogen-bond donors (Lipinski definition) is 2. The van der Waals surface area contributed by atoms with E-state index in [4.69, 9.17) is 9.47 Å². The van der Waals surface area contributed by atoms with Crippen molar-refractivity contribution in [1.82, 2.24) is 0 Å². The molecule has 2 N–H and O–H groups in total. The molecule has 0 fully saturated rings. The molecule has 0 aliphatic heterocycles. The van der Waals surface area contributed by atoms with Crippen LogP contribution in [0.3, 0.4) is 0 Å². The van der Waals surface area contributed by atoms with Crippen LogP contribution in [0.5, 0.6) is 11.5 Å². The fraction of sp³-hybridized carbons (Fsp3) is 0.102. The highest BCUT2D eigenvalue weighted by Gasteiger charge is 2.49. The molecular formula is C49H38O4. The van der Waals surface area contributed by atoms with Gasteiger partial charge in [-0.25, -0.2) is 0 Å². The second kappa shape index (κ2) is 13.7.